The molecular formula is C10H16O2. The molecule has 0 aliphatic carbocycles. The number of hydrogen-bond donors (Lipinski definition) is 0. The van der Waals surface area contributed by atoms with Crippen LogP contribution in [0.1, 0.15) is 39.5 Å². The van der Waals surface area contributed by atoms with Gasteiger partial charge in [-0.1, -0.05) is 13.8 Å². The van der Waals surface area contributed by atoms with Gasteiger partial charge in [0.1, 0.15) is 6.10 Å². The Labute approximate surface area is 74.3 Å². The Hall–Kier alpha value is -0.970. The van der Waals surface area contributed by atoms with Crippen molar-refractivity contribution in [1.82, 2.24) is 0 Å². The maximum absolute atomic E-state index is 11.0. The largest absolute Gasteiger partial charge is 0.462 e. The highest BCUT2D eigenvalue weighted by Gasteiger charge is 2.08. The van der Waals surface area contributed by atoms with Crippen LogP contribution in [0, 0.1) is 12.3 Å². The summed E-state index contributed by atoms with van der Waals surface area (Å²) in [6.45, 7) is 4.01. The molecule has 0 spiro atoms. The van der Waals surface area contributed by atoms with Crippen LogP contribution in [0.3, 0.4) is 0 Å². The molecule has 0 amide bonds. The molecule has 0 radical (unpaired) electrons. The molecule has 0 N–H and O–H groups in total. The van der Waals surface area contributed by atoms with Gasteiger partial charge in [-0.15, -0.1) is 12.3 Å². The molecule has 0 saturated heterocycles. The minimum atomic E-state index is -0.179. The average Bonchev–Trinajstić information content (AvgIpc) is 2.10. The molecule has 0 atom stereocenters. The van der Waals surface area contributed by atoms with E-state index in [4.69, 9.17) is 11.2 Å². The number of rotatable bonds is 5. The lowest BCUT2D eigenvalue weighted by Crippen LogP contribution is -2.15. The SMILES string of the molecule is C#CCCC(=O)OC(CC)CC. The summed E-state index contributed by atoms with van der Waals surface area (Å²) in [6, 6.07) is 0. The molecule has 0 aliphatic rings. The molecule has 0 unspecified atom stereocenters. The third kappa shape index (κ3) is 4.79. The molecule has 0 aromatic heterocycles. The van der Waals surface area contributed by atoms with E-state index < -0.39 is 0 Å². The van der Waals surface area contributed by atoms with Gasteiger partial charge in [-0.25, -0.2) is 0 Å². The lowest BCUT2D eigenvalue weighted by Gasteiger charge is -2.12. The summed E-state index contributed by atoms with van der Waals surface area (Å²) >= 11 is 0. The van der Waals surface area contributed by atoms with Crippen molar-refractivity contribution in [2.24, 2.45) is 0 Å². The predicted molar refractivity (Wildman–Crippen MR) is 48.5 cm³/mol. The molecular weight excluding hydrogens is 152 g/mol. The van der Waals surface area contributed by atoms with Crippen LogP contribution < -0.4 is 0 Å². The molecule has 68 valence electrons. The summed E-state index contributed by atoms with van der Waals surface area (Å²) in [5, 5.41) is 0. The second kappa shape index (κ2) is 6.72. The van der Waals surface area contributed by atoms with Crippen molar-refractivity contribution >= 4 is 5.97 Å². The third-order valence-corrected chi connectivity index (χ3v) is 1.68. The maximum atomic E-state index is 11.0. The molecule has 0 aromatic rings. The molecule has 0 bridgehead atoms. The predicted octanol–water partition coefficient (Wildman–Crippen LogP) is 2.13. The highest BCUT2D eigenvalue weighted by atomic mass is 16.5. The second-order valence-corrected chi connectivity index (χ2v) is 2.63. The third-order valence-electron chi connectivity index (χ3n) is 1.68. The van der Waals surface area contributed by atoms with Gasteiger partial charge in [0.25, 0.3) is 0 Å². The molecule has 12 heavy (non-hydrogen) atoms. The molecule has 0 fully saturated rings. The first kappa shape index (κ1) is 11.0. The van der Waals surface area contributed by atoms with Crippen molar-refractivity contribution in [2.75, 3.05) is 0 Å². The van der Waals surface area contributed by atoms with E-state index in [1.807, 2.05) is 13.8 Å². The smallest absolute Gasteiger partial charge is 0.307 e. The Morgan fingerprint density at radius 3 is 2.50 bits per heavy atom. The second-order valence-electron chi connectivity index (χ2n) is 2.63. The van der Waals surface area contributed by atoms with Gasteiger partial charge in [-0.2, -0.15) is 0 Å². The van der Waals surface area contributed by atoms with Crippen molar-refractivity contribution in [3.05, 3.63) is 0 Å². The monoisotopic (exact) mass is 168 g/mol. The van der Waals surface area contributed by atoms with Crippen LogP contribution in [-0.2, 0) is 9.53 Å². The Kier molecular flexibility index (Phi) is 6.18. The minimum absolute atomic E-state index is 0.0651. The summed E-state index contributed by atoms with van der Waals surface area (Å²) in [4.78, 5) is 11.0. The minimum Gasteiger partial charge on any atom is -0.462 e. The fourth-order valence-corrected chi connectivity index (χ4v) is 0.874. The van der Waals surface area contributed by atoms with Crippen LogP contribution in [0.25, 0.3) is 0 Å². The zero-order chi connectivity index (χ0) is 9.40. The Balaban J connectivity index is 3.60. The Morgan fingerprint density at radius 1 is 1.50 bits per heavy atom. The van der Waals surface area contributed by atoms with Crippen molar-refractivity contribution in [3.63, 3.8) is 0 Å². The zero-order valence-corrected chi connectivity index (χ0v) is 7.80. The van der Waals surface area contributed by atoms with Gasteiger partial charge in [-0.05, 0) is 12.8 Å². The maximum Gasteiger partial charge on any atom is 0.307 e. The van der Waals surface area contributed by atoms with E-state index in [2.05, 4.69) is 5.92 Å². The molecule has 2 heteroatoms. The quantitative estimate of drug-likeness (QED) is 0.464. The van der Waals surface area contributed by atoms with E-state index in [1.54, 1.807) is 0 Å². The highest BCUT2D eigenvalue weighted by molar-refractivity contribution is 5.69. The highest BCUT2D eigenvalue weighted by Crippen LogP contribution is 2.04. The van der Waals surface area contributed by atoms with Crippen LogP contribution in [0.2, 0.25) is 0 Å². The van der Waals surface area contributed by atoms with Gasteiger partial charge in [0.2, 0.25) is 0 Å². The van der Waals surface area contributed by atoms with Gasteiger partial charge >= 0.3 is 5.97 Å². The summed E-state index contributed by atoms with van der Waals surface area (Å²) in [6.07, 6.45) is 7.64. The Morgan fingerprint density at radius 2 is 2.08 bits per heavy atom. The normalized spacial score (nSPS) is 9.50. The lowest BCUT2D eigenvalue weighted by molar-refractivity contribution is -0.149. The van der Waals surface area contributed by atoms with Crippen LogP contribution >= 0.6 is 0 Å². The van der Waals surface area contributed by atoms with E-state index >= 15 is 0 Å². The van der Waals surface area contributed by atoms with Crippen molar-refractivity contribution in [3.8, 4) is 12.3 Å². The number of carbonyl (C=O) groups is 1. The molecule has 2 nitrogen and oxygen atoms in total. The van der Waals surface area contributed by atoms with E-state index in [0.29, 0.717) is 12.8 Å². The first-order chi connectivity index (χ1) is 5.74. The summed E-state index contributed by atoms with van der Waals surface area (Å²) in [5.74, 6) is 2.23. The van der Waals surface area contributed by atoms with E-state index in [9.17, 15) is 4.79 Å². The molecule has 0 aliphatic heterocycles. The van der Waals surface area contributed by atoms with Crippen LogP contribution in [0.15, 0.2) is 0 Å². The van der Waals surface area contributed by atoms with Gasteiger partial charge in [0.15, 0.2) is 0 Å². The zero-order valence-electron chi connectivity index (χ0n) is 7.80. The molecule has 0 rings (SSSR count). The van der Waals surface area contributed by atoms with Crippen LogP contribution in [0.5, 0.6) is 0 Å². The van der Waals surface area contributed by atoms with Crippen LogP contribution in [0.4, 0.5) is 0 Å². The first-order valence-electron chi connectivity index (χ1n) is 4.37. The summed E-state index contributed by atoms with van der Waals surface area (Å²) in [7, 11) is 0. The van der Waals surface area contributed by atoms with Gasteiger partial charge in [0, 0.05) is 6.42 Å². The molecule has 0 heterocycles. The van der Waals surface area contributed by atoms with Gasteiger partial charge in [-0.3, -0.25) is 4.79 Å². The van der Waals surface area contributed by atoms with Gasteiger partial charge < -0.3 is 4.74 Å². The van der Waals surface area contributed by atoms with Crippen molar-refractivity contribution in [2.45, 2.75) is 45.6 Å². The number of terminal acetylenes is 1. The fourth-order valence-electron chi connectivity index (χ4n) is 0.874. The number of hydrogen-bond acceptors (Lipinski definition) is 2. The topological polar surface area (TPSA) is 26.3 Å². The fraction of sp³-hybridized carbons (Fsp3) is 0.700. The van der Waals surface area contributed by atoms with E-state index in [-0.39, 0.29) is 12.1 Å². The van der Waals surface area contributed by atoms with Crippen LogP contribution in [-0.4, -0.2) is 12.1 Å². The first-order valence-corrected chi connectivity index (χ1v) is 4.37. The molecule has 0 aromatic carbocycles. The number of carbonyl (C=O) groups excluding carboxylic acids is 1. The summed E-state index contributed by atoms with van der Waals surface area (Å²) in [5.41, 5.74) is 0. The summed E-state index contributed by atoms with van der Waals surface area (Å²) < 4.78 is 5.12. The lowest BCUT2D eigenvalue weighted by atomic mass is 10.2. The van der Waals surface area contributed by atoms with E-state index in [1.165, 1.54) is 0 Å². The Bertz CT molecular complexity index is 163. The average molecular weight is 168 g/mol. The number of ether oxygens (including phenoxy) is 1. The van der Waals surface area contributed by atoms with E-state index in [0.717, 1.165) is 12.8 Å². The van der Waals surface area contributed by atoms with Gasteiger partial charge in [0.05, 0.1) is 6.42 Å². The standard InChI is InChI=1S/C10H16O2/c1-4-7-8-10(11)12-9(5-2)6-3/h1,9H,5-8H2,2-3H3. The van der Waals surface area contributed by atoms with Crippen molar-refractivity contribution < 1.29 is 9.53 Å². The molecule has 0 saturated carbocycles. The van der Waals surface area contributed by atoms with Crippen molar-refractivity contribution in [1.29, 1.82) is 0 Å². The number of esters is 1.